The molecule has 94 valence electrons. The zero-order valence-electron chi connectivity index (χ0n) is 11.0. The molecule has 2 atom stereocenters. The van der Waals surface area contributed by atoms with E-state index in [1.165, 1.54) is 38.1 Å². The summed E-state index contributed by atoms with van der Waals surface area (Å²) in [6, 6.07) is 0. The summed E-state index contributed by atoms with van der Waals surface area (Å²) in [6.07, 6.45) is 3.92. The first-order chi connectivity index (χ1) is 7.47. The second-order valence-electron chi connectivity index (χ2n) is 6.40. The van der Waals surface area contributed by atoms with Crippen LogP contribution in [0.4, 0.5) is 0 Å². The Bertz CT molecular complexity index is 254. The van der Waals surface area contributed by atoms with Crippen LogP contribution in [0, 0.1) is 5.41 Å². The first kappa shape index (κ1) is 12.7. The van der Waals surface area contributed by atoms with Gasteiger partial charge >= 0.3 is 0 Å². The first-order valence-corrected chi connectivity index (χ1v) is 7.59. The van der Waals surface area contributed by atoms with Crippen LogP contribution in [0.1, 0.15) is 40.0 Å². The lowest BCUT2D eigenvalue weighted by molar-refractivity contribution is 0.0937. The molecule has 0 radical (unpaired) electrons. The molecule has 2 N–H and O–H groups in total. The van der Waals surface area contributed by atoms with Crippen molar-refractivity contribution in [3.05, 3.63) is 0 Å². The Morgan fingerprint density at radius 2 is 2.12 bits per heavy atom. The van der Waals surface area contributed by atoms with Crippen LogP contribution in [0.2, 0.25) is 0 Å². The van der Waals surface area contributed by atoms with Crippen molar-refractivity contribution in [2.75, 3.05) is 25.4 Å². The number of hydrogen-bond acceptors (Lipinski definition) is 3. The van der Waals surface area contributed by atoms with E-state index >= 15 is 0 Å². The quantitative estimate of drug-likeness (QED) is 0.806. The molecule has 3 heteroatoms. The van der Waals surface area contributed by atoms with Gasteiger partial charge in [-0.25, -0.2) is 0 Å². The van der Waals surface area contributed by atoms with Crippen LogP contribution in [0.5, 0.6) is 0 Å². The minimum atomic E-state index is 0.318. The summed E-state index contributed by atoms with van der Waals surface area (Å²) in [5, 5.41) is 0.779. The summed E-state index contributed by atoms with van der Waals surface area (Å²) in [6.45, 7) is 10.5. The third-order valence-corrected chi connectivity index (χ3v) is 5.50. The Balaban J connectivity index is 2.09. The molecule has 16 heavy (non-hydrogen) atoms. The van der Waals surface area contributed by atoms with E-state index in [1.807, 2.05) is 0 Å². The highest BCUT2D eigenvalue weighted by Gasteiger charge is 2.46. The van der Waals surface area contributed by atoms with Crippen molar-refractivity contribution in [2.45, 2.75) is 50.8 Å². The average Bonchev–Trinajstić information content (AvgIpc) is 2.56. The van der Waals surface area contributed by atoms with Crippen molar-refractivity contribution >= 4 is 11.8 Å². The van der Waals surface area contributed by atoms with Crippen LogP contribution in [-0.4, -0.2) is 41.1 Å². The molecule has 1 saturated heterocycles. The maximum Gasteiger partial charge on any atom is 0.0337 e. The smallest absolute Gasteiger partial charge is 0.0337 e. The Labute approximate surface area is 104 Å². The number of thioether (sulfide) groups is 1. The fraction of sp³-hybridized carbons (Fsp3) is 1.00. The van der Waals surface area contributed by atoms with Crippen LogP contribution >= 0.6 is 11.8 Å². The fourth-order valence-electron chi connectivity index (χ4n) is 3.46. The van der Waals surface area contributed by atoms with Crippen molar-refractivity contribution in [1.29, 1.82) is 0 Å². The monoisotopic (exact) mass is 242 g/mol. The van der Waals surface area contributed by atoms with Crippen LogP contribution < -0.4 is 5.73 Å². The minimum absolute atomic E-state index is 0.318. The summed E-state index contributed by atoms with van der Waals surface area (Å²) >= 11 is 2.11. The largest absolute Gasteiger partial charge is 0.329 e. The molecule has 0 aromatic heterocycles. The van der Waals surface area contributed by atoms with Gasteiger partial charge in [-0.1, -0.05) is 20.8 Å². The predicted molar refractivity (Wildman–Crippen MR) is 72.9 cm³/mol. The van der Waals surface area contributed by atoms with Crippen molar-refractivity contribution < 1.29 is 0 Å². The van der Waals surface area contributed by atoms with Crippen LogP contribution in [0.25, 0.3) is 0 Å². The molecule has 1 saturated carbocycles. The van der Waals surface area contributed by atoms with E-state index in [2.05, 4.69) is 37.4 Å². The van der Waals surface area contributed by atoms with Gasteiger partial charge in [0.2, 0.25) is 0 Å². The molecule has 2 aliphatic rings. The molecule has 2 fully saturated rings. The molecule has 2 rings (SSSR count). The fourth-order valence-corrected chi connectivity index (χ4v) is 4.47. The molecule has 0 amide bonds. The van der Waals surface area contributed by atoms with Crippen LogP contribution in [0.3, 0.4) is 0 Å². The van der Waals surface area contributed by atoms with E-state index in [4.69, 9.17) is 5.73 Å². The summed E-state index contributed by atoms with van der Waals surface area (Å²) in [4.78, 5) is 2.70. The lowest BCUT2D eigenvalue weighted by atomic mass is 9.86. The van der Waals surface area contributed by atoms with Gasteiger partial charge < -0.3 is 5.73 Å². The second kappa shape index (κ2) is 4.51. The van der Waals surface area contributed by atoms with Gasteiger partial charge in [-0.3, -0.25) is 4.90 Å². The summed E-state index contributed by atoms with van der Waals surface area (Å²) in [5.41, 5.74) is 6.93. The van der Waals surface area contributed by atoms with Gasteiger partial charge in [-0.05, 0) is 24.7 Å². The van der Waals surface area contributed by atoms with Crippen molar-refractivity contribution in [2.24, 2.45) is 11.1 Å². The number of nitrogens with zero attached hydrogens (tertiary/aromatic N) is 1. The van der Waals surface area contributed by atoms with Crippen LogP contribution in [-0.2, 0) is 0 Å². The minimum Gasteiger partial charge on any atom is -0.329 e. The van der Waals surface area contributed by atoms with Crippen molar-refractivity contribution in [1.82, 2.24) is 4.90 Å². The first-order valence-electron chi connectivity index (χ1n) is 6.54. The highest BCUT2D eigenvalue weighted by atomic mass is 32.2. The average molecular weight is 242 g/mol. The SMILES string of the molecule is CC1CN(C2(CN)CCC(C)(C)C2)CCS1. The molecule has 0 spiro atoms. The number of hydrogen-bond donors (Lipinski definition) is 1. The Morgan fingerprint density at radius 1 is 1.38 bits per heavy atom. The van der Waals surface area contributed by atoms with Gasteiger partial charge in [0, 0.05) is 36.2 Å². The molecule has 2 nitrogen and oxygen atoms in total. The lowest BCUT2D eigenvalue weighted by Crippen LogP contribution is -2.56. The topological polar surface area (TPSA) is 29.3 Å². The maximum absolute atomic E-state index is 6.12. The number of nitrogens with two attached hydrogens (primary N) is 1. The Hall–Kier alpha value is 0.270. The van der Waals surface area contributed by atoms with E-state index < -0.39 is 0 Å². The van der Waals surface area contributed by atoms with Gasteiger partial charge in [0.1, 0.15) is 0 Å². The Kier molecular flexibility index (Phi) is 3.58. The summed E-state index contributed by atoms with van der Waals surface area (Å²) in [5.74, 6) is 1.28. The molecule has 2 unspecified atom stereocenters. The third kappa shape index (κ3) is 2.41. The predicted octanol–water partition coefficient (Wildman–Crippen LogP) is 2.33. The molecule has 1 aliphatic heterocycles. The normalized spacial score (nSPS) is 40.1. The van der Waals surface area contributed by atoms with E-state index in [0.29, 0.717) is 11.0 Å². The highest BCUT2D eigenvalue weighted by molar-refractivity contribution is 7.99. The van der Waals surface area contributed by atoms with Gasteiger partial charge in [-0.2, -0.15) is 11.8 Å². The summed E-state index contributed by atoms with van der Waals surface area (Å²) in [7, 11) is 0. The second-order valence-corrected chi connectivity index (χ2v) is 7.94. The zero-order chi connectivity index (χ0) is 11.8. The third-order valence-electron chi connectivity index (χ3n) is 4.37. The van der Waals surface area contributed by atoms with Gasteiger partial charge in [0.25, 0.3) is 0 Å². The molecular formula is C13H26N2S. The van der Waals surface area contributed by atoms with Crippen molar-refractivity contribution in [3.8, 4) is 0 Å². The van der Waals surface area contributed by atoms with E-state index in [9.17, 15) is 0 Å². The standard InChI is InChI=1S/C13H26N2S/c1-11-8-15(6-7-16-11)13(10-14)5-4-12(2,3)9-13/h11H,4-10,14H2,1-3H3. The van der Waals surface area contributed by atoms with Crippen LogP contribution in [0.15, 0.2) is 0 Å². The molecule has 1 heterocycles. The molecule has 0 aromatic carbocycles. The Morgan fingerprint density at radius 3 is 2.62 bits per heavy atom. The van der Waals surface area contributed by atoms with Crippen molar-refractivity contribution in [3.63, 3.8) is 0 Å². The highest BCUT2D eigenvalue weighted by Crippen LogP contribution is 2.47. The zero-order valence-corrected chi connectivity index (χ0v) is 11.8. The van der Waals surface area contributed by atoms with Gasteiger partial charge in [-0.15, -0.1) is 0 Å². The van der Waals surface area contributed by atoms with Gasteiger partial charge in [0.15, 0.2) is 0 Å². The van der Waals surface area contributed by atoms with Gasteiger partial charge in [0.05, 0.1) is 0 Å². The summed E-state index contributed by atoms with van der Waals surface area (Å²) < 4.78 is 0. The van der Waals surface area contributed by atoms with E-state index in [0.717, 1.165) is 11.8 Å². The molecule has 0 bridgehead atoms. The van der Waals surface area contributed by atoms with E-state index in [-0.39, 0.29) is 0 Å². The number of rotatable bonds is 2. The van der Waals surface area contributed by atoms with E-state index in [1.54, 1.807) is 0 Å². The maximum atomic E-state index is 6.12. The molecule has 1 aliphatic carbocycles. The molecule has 0 aromatic rings. The lowest BCUT2D eigenvalue weighted by Gasteiger charge is -2.45. The molecular weight excluding hydrogens is 216 g/mol.